The topological polar surface area (TPSA) is 46.2 Å². The Bertz CT molecular complexity index is 478. The van der Waals surface area contributed by atoms with Crippen LogP contribution in [0.15, 0.2) is 29.2 Å². The summed E-state index contributed by atoms with van der Waals surface area (Å²) in [6.07, 6.45) is 0.629. The van der Waals surface area contributed by atoms with Crippen LogP contribution in [0.3, 0.4) is 0 Å². The summed E-state index contributed by atoms with van der Waals surface area (Å²) in [5.74, 6) is -0.461. The Hall–Kier alpha value is 0.0200. The highest BCUT2D eigenvalue weighted by Gasteiger charge is 2.31. The third-order valence-electron chi connectivity index (χ3n) is 2.66. The molecule has 0 heterocycles. The number of benzene rings is 1. The molecule has 1 rings (SSSR count). The molecule has 1 aromatic carbocycles. The molecule has 18 heavy (non-hydrogen) atoms. The molecule has 1 N–H and O–H groups in total. The summed E-state index contributed by atoms with van der Waals surface area (Å²) in [6, 6.07) is 4.76. The molecule has 1 aromatic rings. The van der Waals surface area contributed by atoms with Crippen LogP contribution in [0.1, 0.15) is 13.3 Å². The third kappa shape index (κ3) is 3.76. The van der Waals surface area contributed by atoms with Crippen molar-refractivity contribution in [2.75, 3.05) is 10.7 Å². The van der Waals surface area contributed by atoms with Crippen LogP contribution in [-0.2, 0) is 10.0 Å². The van der Waals surface area contributed by atoms with Gasteiger partial charge in [0.15, 0.2) is 0 Å². The Balaban J connectivity index is 3.04. The first-order valence-corrected chi connectivity index (χ1v) is 9.03. The van der Waals surface area contributed by atoms with Gasteiger partial charge in [-0.1, -0.05) is 38.8 Å². The van der Waals surface area contributed by atoms with Crippen molar-refractivity contribution in [1.82, 2.24) is 4.72 Å². The van der Waals surface area contributed by atoms with Crippen LogP contribution in [-0.4, -0.2) is 24.6 Å². The molecule has 0 bridgehead atoms. The quantitative estimate of drug-likeness (QED) is 0.743. The van der Waals surface area contributed by atoms with Crippen LogP contribution < -0.4 is 4.72 Å². The SMILES string of the molecule is CCC(CBr)(CBr)NS(=O)(=O)c1ccc(F)cc1. The minimum absolute atomic E-state index is 0.0589. The van der Waals surface area contributed by atoms with Gasteiger partial charge in [-0.3, -0.25) is 0 Å². The summed E-state index contributed by atoms with van der Waals surface area (Å²) >= 11 is 6.63. The molecule has 0 fully saturated rings. The van der Waals surface area contributed by atoms with E-state index >= 15 is 0 Å². The molecule has 0 radical (unpaired) electrons. The lowest BCUT2D eigenvalue weighted by molar-refractivity contribution is 0.459. The Kier molecular flexibility index (Phi) is 5.76. The maximum absolute atomic E-state index is 12.8. The van der Waals surface area contributed by atoms with E-state index in [1.807, 2.05) is 6.92 Å². The molecule has 0 aliphatic rings. The number of rotatable bonds is 6. The number of nitrogens with one attached hydrogen (secondary N) is 1. The molecule has 0 unspecified atom stereocenters. The van der Waals surface area contributed by atoms with Crippen molar-refractivity contribution in [3.05, 3.63) is 30.1 Å². The predicted molar refractivity (Wildman–Crippen MR) is 77.3 cm³/mol. The first-order valence-electron chi connectivity index (χ1n) is 5.30. The van der Waals surface area contributed by atoms with Crippen LogP contribution in [0.25, 0.3) is 0 Å². The molecule has 102 valence electrons. The summed E-state index contributed by atoms with van der Waals surface area (Å²) in [7, 11) is -3.65. The predicted octanol–water partition coefficient (Wildman–Crippen LogP) is 3.04. The van der Waals surface area contributed by atoms with Crippen molar-refractivity contribution in [1.29, 1.82) is 0 Å². The van der Waals surface area contributed by atoms with Gasteiger partial charge in [0.05, 0.1) is 10.4 Å². The van der Waals surface area contributed by atoms with Gasteiger partial charge in [-0.2, -0.15) is 0 Å². The van der Waals surface area contributed by atoms with Gasteiger partial charge in [0.2, 0.25) is 10.0 Å². The number of sulfonamides is 1. The summed E-state index contributed by atoms with van der Waals surface area (Å²) < 4.78 is 39.7. The first kappa shape index (κ1) is 16.1. The van der Waals surface area contributed by atoms with Crippen molar-refractivity contribution in [2.45, 2.75) is 23.8 Å². The molecule has 0 saturated carbocycles. The smallest absolute Gasteiger partial charge is 0.207 e. The van der Waals surface area contributed by atoms with Crippen LogP contribution in [0.5, 0.6) is 0 Å². The fourth-order valence-electron chi connectivity index (χ4n) is 1.31. The van der Waals surface area contributed by atoms with Crippen molar-refractivity contribution in [2.24, 2.45) is 0 Å². The molecule has 3 nitrogen and oxygen atoms in total. The second kappa shape index (κ2) is 6.45. The van der Waals surface area contributed by atoms with Crippen molar-refractivity contribution < 1.29 is 12.8 Å². The number of hydrogen-bond donors (Lipinski definition) is 1. The monoisotopic (exact) mass is 401 g/mol. The van der Waals surface area contributed by atoms with E-state index in [0.29, 0.717) is 17.1 Å². The molecule has 7 heteroatoms. The molecule has 0 aliphatic heterocycles. The second-order valence-corrected chi connectivity index (χ2v) is 6.76. The summed E-state index contributed by atoms with van der Waals surface area (Å²) in [5, 5.41) is 0.977. The van der Waals surface area contributed by atoms with Crippen LogP contribution in [0, 0.1) is 5.82 Å². The molecular weight excluding hydrogens is 389 g/mol. The third-order valence-corrected chi connectivity index (χ3v) is 6.40. The Labute approximate surface area is 123 Å². The zero-order chi connectivity index (χ0) is 13.8. The van der Waals surface area contributed by atoms with E-state index in [0.717, 1.165) is 12.1 Å². The zero-order valence-corrected chi connectivity index (χ0v) is 13.8. The highest BCUT2D eigenvalue weighted by molar-refractivity contribution is 9.09. The van der Waals surface area contributed by atoms with Gasteiger partial charge in [-0.25, -0.2) is 17.5 Å². The lowest BCUT2D eigenvalue weighted by atomic mass is 10.0. The van der Waals surface area contributed by atoms with Gasteiger partial charge in [0, 0.05) is 10.7 Å². The largest absolute Gasteiger partial charge is 0.241 e. The van der Waals surface area contributed by atoms with Crippen molar-refractivity contribution in [3.8, 4) is 0 Å². The van der Waals surface area contributed by atoms with Gasteiger partial charge in [0.25, 0.3) is 0 Å². The standard InChI is InChI=1S/C11H14Br2FNO2S/c1-2-11(7-12,8-13)15-18(16,17)10-5-3-9(14)4-6-10/h3-6,15H,2,7-8H2,1H3. The van der Waals surface area contributed by atoms with E-state index in [2.05, 4.69) is 36.6 Å². The second-order valence-electron chi connectivity index (χ2n) is 3.96. The van der Waals surface area contributed by atoms with E-state index in [-0.39, 0.29) is 4.90 Å². The van der Waals surface area contributed by atoms with E-state index in [9.17, 15) is 12.8 Å². The van der Waals surface area contributed by atoms with Gasteiger partial charge >= 0.3 is 0 Å². The van der Waals surface area contributed by atoms with Crippen molar-refractivity contribution in [3.63, 3.8) is 0 Å². The Morgan fingerprint density at radius 1 is 1.22 bits per heavy atom. The zero-order valence-electron chi connectivity index (χ0n) is 9.79. The summed E-state index contributed by atoms with van der Waals surface area (Å²) in [4.78, 5) is 0.0589. The average molecular weight is 403 g/mol. The highest BCUT2D eigenvalue weighted by Crippen LogP contribution is 2.21. The molecule has 0 atom stereocenters. The lowest BCUT2D eigenvalue weighted by Crippen LogP contribution is -2.50. The molecular formula is C11H14Br2FNO2S. The maximum atomic E-state index is 12.8. The van der Waals surface area contributed by atoms with E-state index in [1.54, 1.807) is 0 Å². The Morgan fingerprint density at radius 2 is 1.72 bits per heavy atom. The van der Waals surface area contributed by atoms with Gasteiger partial charge in [-0.15, -0.1) is 0 Å². The Morgan fingerprint density at radius 3 is 2.11 bits per heavy atom. The molecule has 0 saturated heterocycles. The fourth-order valence-corrected chi connectivity index (χ4v) is 5.15. The van der Waals surface area contributed by atoms with E-state index in [1.165, 1.54) is 12.1 Å². The van der Waals surface area contributed by atoms with Gasteiger partial charge < -0.3 is 0 Å². The number of alkyl halides is 2. The first-order chi connectivity index (χ1) is 8.39. The minimum atomic E-state index is -3.65. The maximum Gasteiger partial charge on any atom is 0.241 e. The molecule has 0 aliphatic carbocycles. The lowest BCUT2D eigenvalue weighted by Gasteiger charge is -2.29. The fraction of sp³-hybridized carbons (Fsp3) is 0.455. The van der Waals surface area contributed by atoms with Crippen LogP contribution >= 0.6 is 31.9 Å². The summed E-state index contributed by atoms with van der Waals surface area (Å²) in [5.41, 5.74) is -0.590. The van der Waals surface area contributed by atoms with Crippen LogP contribution in [0.2, 0.25) is 0 Å². The average Bonchev–Trinajstić information content (AvgIpc) is 2.37. The van der Waals surface area contributed by atoms with Gasteiger partial charge in [-0.05, 0) is 30.7 Å². The van der Waals surface area contributed by atoms with Crippen molar-refractivity contribution >= 4 is 41.9 Å². The van der Waals surface area contributed by atoms with Crippen LogP contribution in [0.4, 0.5) is 4.39 Å². The number of hydrogen-bond acceptors (Lipinski definition) is 2. The van der Waals surface area contributed by atoms with Gasteiger partial charge in [0.1, 0.15) is 5.82 Å². The minimum Gasteiger partial charge on any atom is -0.207 e. The van der Waals surface area contributed by atoms with E-state index < -0.39 is 21.4 Å². The normalized spacial score (nSPS) is 12.7. The van der Waals surface area contributed by atoms with E-state index in [4.69, 9.17) is 0 Å². The molecule has 0 amide bonds. The molecule has 0 spiro atoms. The summed E-state index contributed by atoms with van der Waals surface area (Å²) in [6.45, 7) is 1.90. The number of halogens is 3. The molecule has 0 aromatic heterocycles. The highest BCUT2D eigenvalue weighted by atomic mass is 79.9.